The Morgan fingerprint density at radius 2 is 1.83 bits per heavy atom. The van der Waals surface area contributed by atoms with Crippen molar-refractivity contribution in [1.29, 1.82) is 0 Å². The lowest BCUT2D eigenvalue weighted by Crippen LogP contribution is -2.47. The standard InChI is InChI=1S/C12H13F3N2O/c13-7-4-9(15)10(5-8(7)14)17-11(18)12(6-16)2-1-3-12/h4-5H,1-3,6,16H2,(H,17,18). The second-order valence-corrected chi connectivity index (χ2v) is 4.54. The third kappa shape index (κ3) is 2.08. The zero-order chi connectivity index (χ0) is 13.3. The summed E-state index contributed by atoms with van der Waals surface area (Å²) in [5, 5.41) is 2.27. The summed E-state index contributed by atoms with van der Waals surface area (Å²) in [6.07, 6.45) is 2.13. The van der Waals surface area contributed by atoms with E-state index in [0.717, 1.165) is 6.42 Å². The van der Waals surface area contributed by atoms with Gasteiger partial charge in [0.1, 0.15) is 5.82 Å². The summed E-state index contributed by atoms with van der Waals surface area (Å²) in [5.74, 6) is -3.94. The topological polar surface area (TPSA) is 55.1 Å². The molecular formula is C12H13F3N2O. The molecule has 2 rings (SSSR count). The van der Waals surface area contributed by atoms with Crippen molar-refractivity contribution in [2.24, 2.45) is 11.1 Å². The molecule has 1 amide bonds. The largest absolute Gasteiger partial charge is 0.329 e. The number of carbonyl (C=O) groups is 1. The Morgan fingerprint density at radius 3 is 2.33 bits per heavy atom. The molecular weight excluding hydrogens is 245 g/mol. The van der Waals surface area contributed by atoms with Crippen molar-refractivity contribution in [2.45, 2.75) is 19.3 Å². The Kier molecular flexibility index (Phi) is 3.30. The lowest BCUT2D eigenvalue weighted by atomic mass is 9.68. The quantitative estimate of drug-likeness (QED) is 0.816. The van der Waals surface area contributed by atoms with Crippen molar-refractivity contribution in [1.82, 2.24) is 0 Å². The number of rotatable bonds is 3. The molecule has 18 heavy (non-hydrogen) atoms. The molecule has 3 nitrogen and oxygen atoms in total. The molecule has 3 N–H and O–H groups in total. The van der Waals surface area contributed by atoms with Crippen molar-refractivity contribution in [3.63, 3.8) is 0 Å². The van der Waals surface area contributed by atoms with Gasteiger partial charge in [-0.15, -0.1) is 0 Å². The van der Waals surface area contributed by atoms with Gasteiger partial charge in [-0.1, -0.05) is 6.42 Å². The van der Waals surface area contributed by atoms with Gasteiger partial charge in [0.25, 0.3) is 0 Å². The van der Waals surface area contributed by atoms with Crippen LogP contribution in [0.5, 0.6) is 0 Å². The third-order valence-electron chi connectivity index (χ3n) is 3.44. The van der Waals surface area contributed by atoms with Crippen LogP contribution in [0.4, 0.5) is 18.9 Å². The minimum absolute atomic E-state index is 0.157. The summed E-state index contributed by atoms with van der Waals surface area (Å²) in [6, 6.07) is 1.03. The molecule has 1 aliphatic carbocycles. The predicted molar refractivity (Wildman–Crippen MR) is 60.3 cm³/mol. The Labute approximate surface area is 102 Å². The van der Waals surface area contributed by atoms with Crippen LogP contribution < -0.4 is 11.1 Å². The maximum absolute atomic E-state index is 13.4. The Hall–Kier alpha value is -1.56. The van der Waals surface area contributed by atoms with Gasteiger partial charge in [0.2, 0.25) is 5.91 Å². The van der Waals surface area contributed by atoms with Crippen LogP contribution in [-0.2, 0) is 4.79 Å². The maximum Gasteiger partial charge on any atom is 0.231 e. The van der Waals surface area contributed by atoms with E-state index in [9.17, 15) is 18.0 Å². The van der Waals surface area contributed by atoms with Gasteiger partial charge >= 0.3 is 0 Å². The van der Waals surface area contributed by atoms with E-state index in [0.29, 0.717) is 25.0 Å². The van der Waals surface area contributed by atoms with Crippen molar-refractivity contribution in [3.8, 4) is 0 Å². The molecule has 0 aromatic heterocycles. The summed E-state index contributed by atoms with van der Waals surface area (Å²) in [5.41, 5.74) is 4.47. The molecule has 1 aromatic rings. The number of hydrogen-bond donors (Lipinski definition) is 2. The number of carbonyl (C=O) groups excluding carboxylic acids is 1. The van der Waals surface area contributed by atoms with Gasteiger partial charge in [-0.2, -0.15) is 0 Å². The van der Waals surface area contributed by atoms with Gasteiger partial charge in [-0.3, -0.25) is 4.79 Å². The lowest BCUT2D eigenvalue weighted by Gasteiger charge is -2.39. The second kappa shape index (κ2) is 4.61. The summed E-state index contributed by atoms with van der Waals surface area (Å²) in [6.45, 7) is 0.157. The molecule has 0 unspecified atom stereocenters. The number of benzene rings is 1. The van der Waals surface area contributed by atoms with Crippen LogP contribution in [0.3, 0.4) is 0 Å². The SMILES string of the molecule is NCC1(C(=O)Nc2cc(F)c(F)cc2F)CCC1. The predicted octanol–water partition coefficient (Wildman–Crippen LogP) is 2.17. The van der Waals surface area contributed by atoms with E-state index < -0.39 is 28.8 Å². The molecule has 0 atom stereocenters. The van der Waals surface area contributed by atoms with Gasteiger partial charge in [-0.05, 0) is 12.8 Å². The minimum atomic E-state index is -1.29. The van der Waals surface area contributed by atoms with E-state index in [4.69, 9.17) is 5.73 Å². The highest BCUT2D eigenvalue weighted by atomic mass is 19.2. The minimum Gasteiger partial charge on any atom is -0.329 e. The van der Waals surface area contributed by atoms with Gasteiger partial charge < -0.3 is 11.1 Å². The van der Waals surface area contributed by atoms with Gasteiger partial charge in [0, 0.05) is 18.7 Å². The van der Waals surface area contributed by atoms with E-state index >= 15 is 0 Å². The normalized spacial score (nSPS) is 17.1. The van der Waals surface area contributed by atoms with Crippen LogP contribution in [0.25, 0.3) is 0 Å². The molecule has 1 saturated carbocycles. The molecule has 1 aromatic carbocycles. The maximum atomic E-state index is 13.4. The summed E-state index contributed by atoms with van der Waals surface area (Å²) < 4.78 is 39.0. The van der Waals surface area contributed by atoms with Gasteiger partial charge in [0.15, 0.2) is 11.6 Å². The number of nitrogens with two attached hydrogens (primary N) is 1. The number of hydrogen-bond acceptors (Lipinski definition) is 2. The second-order valence-electron chi connectivity index (χ2n) is 4.54. The molecule has 98 valence electrons. The fourth-order valence-corrected chi connectivity index (χ4v) is 2.00. The molecule has 0 heterocycles. The van der Waals surface area contributed by atoms with Crippen LogP contribution >= 0.6 is 0 Å². The van der Waals surface area contributed by atoms with Crippen molar-refractivity contribution in [3.05, 3.63) is 29.6 Å². The highest BCUT2D eigenvalue weighted by molar-refractivity contribution is 5.96. The van der Waals surface area contributed by atoms with Crippen LogP contribution in [0, 0.1) is 22.9 Å². The first-order chi connectivity index (χ1) is 8.48. The van der Waals surface area contributed by atoms with Crippen LogP contribution in [0.2, 0.25) is 0 Å². The zero-order valence-electron chi connectivity index (χ0n) is 9.60. The Bertz CT molecular complexity index is 481. The molecule has 1 fully saturated rings. The molecule has 0 saturated heterocycles. The van der Waals surface area contributed by atoms with Crippen LogP contribution in [0.1, 0.15) is 19.3 Å². The highest BCUT2D eigenvalue weighted by Crippen LogP contribution is 2.41. The highest BCUT2D eigenvalue weighted by Gasteiger charge is 2.43. The molecule has 0 radical (unpaired) electrons. The summed E-state index contributed by atoms with van der Waals surface area (Å²) in [4.78, 5) is 11.9. The first-order valence-corrected chi connectivity index (χ1v) is 5.64. The third-order valence-corrected chi connectivity index (χ3v) is 3.44. The Morgan fingerprint density at radius 1 is 1.22 bits per heavy atom. The lowest BCUT2D eigenvalue weighted by molar-refractivity contribution is -0.129. The first-order valence-electron chi connectivity index (χ1n) is 5.64. The average Bonchev–Trinajstić information content (AvgIpc) is 2.25. The molecule has 0 bridgehead atoms. The number of halogens is 3. The average molecular weight is 258 g/mol. The van der Waals surface area contributed by atoms with Crippen LogP contribution in [0.15, 0.2) is 12.1 Å². The first kappa shape index (κ1) is 12.9. The summed E-state index contributed by atoms with van der Waals surface area (Å²) in [7, 11) is 0. The van der Waals surface area contributed by atoms with Crippen LogP contribution in [-0.4, -0.2) is 12.5 Å². The Balaban J connectivity index is 2.19. The molecule has 0 spiro atoms. The van der Waals surface area contributed by atoms with E-state index in [1.807, 2.05) is 0 Å². The monoisotopic (exact) mass is 258 g/mol. The smallest absolute Gasteiger partial charge is 0.231 e. The van der Waals surface area contributed by atoms with Crippen molar-refractivity contribution in [2.75, 3.05) is 11.9 Å². The van der Waals surface area contributed by atoms with E-state index in [1.54, 1.807) is 0 Å². The molecule has 1 aliphatic rings. The van der Waals surface area contributed by atoms with Gasteiger partial charge in [-0.25, -0.2) is 13.2 Å². The van der Waals surface area contributed by atoms with E-state index in [2.05, 4.69) is 5.32 Å². The van der Waals surface area contributed by atoms with E-state index in [1.165, 1.54) is 0 Å². The number of amides is 1. The zero-order valence-corrected chi connectivity index (χ0v) is 9.60. The molecule has 6 heteroatoms. The summed E-state index contributed by atoms with van der Waals surface area (Å²) >= 11 is 0. The number of anilines is 1. The fourth-order valence-electron chi connectivity index (χ4n) is 2.00. The molecule has 0 aliphatic heterocycles. The fraction of sp³-hybridized carbons (Fsp3) is 0.417. The van der Waals surface area contributed by atoms with Gasteiger partial charge in [0.05, 0.1) is 11.1 Å². The van der Waals surface area contributed by atoms with E-state index in [-0.39, 0.29) is 12.2 Å². The van der Waals surface area contributed by atoms with Crippen molar-refractivity contribution < 1.29 is 18.0 Å². The number of nitrogens with one attached hydrogen (secondary N) is 1. The van der Waals surface area contributed by atoms with Crippen molar-refractivity contribution >= 4 is 11.6 Å².